The first-order valence-electron chi connectivity index (χ1n) is 8.78. The Balaban J connectivity index is 1.89. The van der Waals surface area contributed by atoms with Crippen molar-refractivity contribution >= 4 is 50.9 Å². The number of carbonyl (C=O) groups is 1. The van der Waals surface area contributed by atoms with Crippen LogP contribution in [0.3, 0.4) is 0 Å². The van der Waals surface area contributed by atoms with Gasteiger partial charge in [0, 0.05) is 35.8 Å². The predicted octanol–water partition coefficient (Wildman–Crippen LogP) is 4.36. The highest BCUT2D eigenvalue weighted by atomic mass is 79.9. The second-order valence-electron chi connectivity index (χ2n) is 6.32. The van der Waals surface area contributed by atoms with Crippen molar-refractivity contribution in [3.8, 4) is 5.75 Å². The van der Waals surface area contributed by atoms with Crippen LogP contribution in [0.2, 0.25) is 0 Å². The van der Waals surface area contributed by atoms with Crippen molar-refractivity contribution in [2.24, 2.45) is 0 Å². The van der Waals surface area contributed by atoms with Gasteiger partial charge in [-0.1, -0.05) is 28.1 Å². The Hall–Kier alpha value is -2.78. The highest BCUT2D eigenvalue weighted by molar-refractivity contribution is 9.10. The van der Waals surface area contributed by atoms with Crippen molar-refractivity contribution in [2.45, 2.75) is 13.5 Å². The van der Waals surface area contributed by atoms with Crippen LogP contribution in [-0.4, -0.2) is 39.3 Å². The molecule has 0 saturated carbocycles. The van der Waals surface area contributed by atoms with Gasteiger partial charge in [-0.2, -0.15) is 0 Å². The first-order valence-corrected chi connectivity index (χ1v) is 9.99. The van der Waals surface area contributed by atoms with Gasteiger partial charge in [0.05, 0.1) is 4.92 Å². The van der Waals surface area contributed by atoms with Crippen molar-refractivity contribution in [1.82, 2.24) is 9.80 Å². The first kappa shape index (κ1) is 20.9. The zero-order valence-corrected chi connectivity index (χ0v) is 18.2. The van der Waals surface area contributed by atoms with Crippen LogP contribution in [0.4, 0.5) is 5.69 Å². The van der Waals surface area contributed by atoms with Gasteiger partial charge in [-0.15, -0.1) is 0 Å². The normalized spacial score (nSPS) is 15.3. The Morgan fingerprint density at radius 1 is 1.28 bits per heavy atom. The fraction of sp³-hybridized carbons (Fsp3) is 0.200. The largest absolute Gasteiger partial charge is 0.488 e. The van der Waals surface area contributed by atoms with Crippen LogP contribution in [0.25, 0.3) is 6.08 Å². The van der Waals surface area contributed by atoms with Gasteiger partial charge in [0.25, 0.3) is 11.6 Å². The number of nitrogens with zero attached hydrogens (tertiary/aromatic N) is 3. The summed E-state index contributed by atoms with van der Waals surface area (Å²) in [6.45, 7) is 2.52. The third-order valence-electron chi connectivity index (χ3n) is 4.44. The molecule has 0 radical (unpaired) electrons. The molecule has 0 aromatic heterocycles. The molecule has 3 rings (SSSR count). The lowest BCUT2D eigenvalue weighted by Crippen LogP contribution is -2.30. The van der Waals surface area contributed by atoms with Crippen molar-refractivity contribution < 1.29 is 14.5 Å². The summed E-state index contributed by atoms with van der Waals surface area (Å²) in [6.07, 6.45) is 1.73. The lowest BCUT2D eigenvalue weighted by molar-refractivity contribution is -0.384. The van der Waals surface area contributed by atoms with Gasteiger partial charge >= 0.3 is 0 Å². The van der Waals surface area contributed by atoms with E-state index in [9.17, 15) is 14.9 Å². The lowest BCUT2D eigenvalue weighted by Gasteiger charge is -2.14. The molecule has 1 saturated heterocycles. The molecule has 9 heteroatoms. The summed E-state index contributed by atoms with van der Waals surface area (Å²) in [4.78, 5) is 26.4. The van der Waals surface area contributed by atoms with Crippen molar-refractivity contribution in [1.29, 1.82) is 0 Å². The molecule has 1 heterocycles. The summed E-state index contributed by atoms with van der Waals surface area (Å²) in [6, 6.07) is 11.7. The number of halogens is 1. The maximum atomic E-state index is 12.7. The van der Waals surface area contributed by atoms with Crippen molar-refractivity contribution in [3.63, 3.8) is 0 Å². The molecule has 0 unspecified atom stereocenters. The van der Waals surface area contributed by atoms with Crippen LogP contribution in [0.1, 0.15) is 18.1 Å². The van der Waals surface area contributed by atoms with E-state index in [0.717, 1.165) is 4.47 Å². The summed E-state index contributed by atoms with van der Waals surface area (Å²) < 4.78 is 6.74. The van der Waals surface area contributed by atoms with Gasteiger partial charge in [0.15, 0.2) is 5.11 Å². The summed E-state index contributed by atoms with van der Waals surface area (Å²) in [5.41, 5.74) is 1.83. The minimum absolute atomic E-state index is 0.00981. The molecule has 1 fully saturated rings. The van der Waals surface area contributed by atoms with E-state index in [1.165, 1.54) is 17.0 Å². The second-order valence-corrected chi connectivity index (χ2v) is 7.60. The summed E-state index contributed by atoms with van der Waals surface area (Å²) >= 11 is 8.77. The molecule has 29 heavy (non-hydrogen) atoms. The fourth-order valence-electron chi connectivity index (χ4n) is 2.92. The molecule has 0 atom stereocenters. The number of rotatable bonds is 6. The quantitative estimate of drug-likeness (QED) is 0.267. The van der Waals surface area contributed by atoms with Crippen molar-refractivity contribution in [3.05, 3.63) is 73.9 Å². The molecule has 0 spiro atoms. The molecule has 2 aromatic rings. The molecule has 0 bridgehead atoms. The SMILES string of the molecule is CCN1C(=O)C(=Cc2cc(Br)ccc2OCc2cccc([N+](=O)[O-])c2)N(C)C1=S. The van der Waals surface area contributed by atoms with Gasteiger partial charge in [0.1, 0.15) is 18.1 Å². The average Bonchev–Trinajstić information content (AvgIpc) is 2.90. The Morgan fingerprint density at radius 2 is 2.03 bits per heavy atom. The third kappa shape index (κ3) is 4.46. The van der Waals surface area contributed by atoms with E-state index >= 15 is 0 Å². The van der Waals surface area contributed by atoms with E-state index in [0.29, 0.717) is 34.2 Å². The monoisotopic (exact) mass is 475 g/mol. The summed E-state index contributed by atoms with van der Waals surface area (Å²) in [5, 5.41) is 11.4. The number of likely N-dealkylation sites (N-methyl/N-ethyl adjacent to an activating group) is 2. The molecule has 150 valence electrons. The van der Waals surface area contributed by atoms with E-state index in [-0.39, 0.29) is 18.2 Å². The van der Waals surface area contributed by atoms with Crippen LogP contribution in [-0.2, 0) is 11.4 Å². The number of ether oxygens (including phenoxy) is 1. The second kappa shape index (κ2) is 8.71. The fourth-order valence-corrected chi connectivity index (χ4v) is 3.61. The number of nitro benzene ring substituents is 1. The Labute approximate surface area is 181 Å². The zero-order chi connectivity index (χ0) is 21.1. The molecule has 1 aliphatic heterocycles. The Kier molecular flexibility index (Phi) is 6.29. The average molecular weight is 476 g/mol. The van der Waals surface area contributed by atoms with Gasteiger partial charge in [-0.3, -0.25) is 19.8 Å². The number of non-ortho nitro benzene ring substituents is 1. The number of thiocarbonyl (C=S) groups is 1. The minimum atomic E-state index is -0.442. The number of hydrogen-bond acceptors (Lipinski definition) is 5. The molecular weight excluding hydrogens is 458 g/mol. The minimum Gasteiger partial charge on any atom is -0.488 e. The van der Waals surface area contributed by atoms with E-state index in [4.69, 9.17) is 17.0 Å². The van der Waals surface area contributed by atoms with E-state index < -0.39 is 4.92 Å². The smallest absolute Gasteiger partial charge is 0.276 e. The van der Waals surface area contributed by atoms with Crippen LogP contribution >= 0.6 is 28.1 Å². The molecular formula is C20H18BrN3O4S. The highest BCUT2D eigenvalue weighted by Gasteiger charge is 2.34. The summed E-state index contributed by atoms with van der Waals surface area (Å²) in [7, 11) is 1.75. The van der Waals surface area contributed by atoms with Crippen molar-refractivity contribution in [2.75, 3.05) is 13.6 Å². The van der Waals surface area contributed by atoms with Crippen LogP contribution in [0, 0.1) is 10.1 Å². The predicted molar refractivity (Wildman–Crippen MR) is 117 cm³/mol. The number of hydrogen-bond donors (Lipinski definition) is 0. The Morgan fingerprint density at radius 3 is 2.69 bits per heavy atom. The molecule has 7 nitrogen and oxygen atoms in total. The maximum Gasteiger partial charge on any atom is 0.276 e. The number of carbonyl (C=O) groups excluding carboxylic acids is 1. The van der Waals surface area contributed by atoms with Crippen LogP contribution in [0.5, 0.6) is 5.75 Å². The van der Waals surface area contributed by atoms with E-state index in [1.807, 2.05) is 19.1 Å². The maximum absolute atomic E-state index is 12.7. The van der Waals surface area contributed by atoms with E-state index in [2.05, 4.69) is 15.9 Å². The topological polar surface area (TPSA) is 75.9 Å². The summed E-state index contributed by atoms with van der Waals surface area (Å²) in [5.74, 6) is 0.388. The molecule has 0 aliphatic carbocycles. The zero-order valence-electron chi connectivity index (χ0n) is 15.8. The lowest BCUT2D eigenvalue weighted by atomic mass is 10.1. The van der Waals surface area contributed by atoms with Crippen LogP contribution in [0.15, 0.2) is 52.6 Å². The standard InChI is InChI=1S/C20H18BrN3O4S/c1-3-23-19(25)17(22(2)20(23)29)11-14-10-15(21)7-8-18(14)28-12-13-5-4-6-16(9-13)24(26)27/h4-11H,3,12H2,1-2H3. The first-order chi connectivity index (χ1) is 13.8. The molecule has 1 amide bonds. The Bertz CT molecular complexity index is 1020. The van der Waals surface area contributed by atoms with Gasteiger partial charge in [-0.05, 0) is 49.0 Å². The molecule has 1 aliphatic rings. The van der Waals surface area contributed by atoms with Gasteiger partial charge in [-0.25, -0.2) is 0 Å². The number of amides is 1. The molecule has 0 N–H and O–H groups in total. The van der Waals surface area contributed by atoms with Gasteiger partial charge < -0.3 is 9.64 Å². The van der Waals surface area contributed by atoms with Gasteiger partial charge in [0.2, 0.25) is 0 Å². The number of benzene rings is 2. The number of nitro groups is 1. The molecule has 2 aromatic carbocycles. The van der Waals surface area contributed by atoms with Crippen LogP contribution < -0.4 is 4.74 Å². The third-order valence-corrected chi connectivity index (χ3v) is 5.43. The highest BCUT2D eigenvalue weighted by Crippen LogP contribution is 2.29. The van der Waals surface area contributed by atoms with E-state index in [1.54, 1.807) is 36.2 Å².